The summed E-state index contributed by atoms with van der Waals surface area (Å²) in [5.41, 5.74) is 0. The normalized spacial score (nSPS) is 10.5. The number of unbranched alkanes of at least 4 members (excludes halogenated alkanes) is 18. The fourth-order valence-corrected chi connectivity index (χ4v) is 4.54. The van der Waals surface area contributed by atoms with Gasteiger partial charge in [0, 0.05) is 44.3 Å². The highest BCUT2D eigenvalue weighted by Crippen LogP contribution is 2.10. The molecule has 5 heteroatoms. The van der Waals surface area contributed by atoms with Crippen molar-refractivity contribution in [3.05, 3.63) is 0 Å². The Morgan fingerprint density at radius 2 is 0.886 bits per heavy atom. The van der Waals surface area contributed by atoms with Gasteiger partial charge in [-0.2, -0.15) is 12.6 Å². The molecule has 0 heterocycles. The molecule has 0 aromatic carbocycles. The van der Waals surface area contributed by atoms with Crippen molar-refractivity contribution in [2.24, 2.45) is 0 Å². The van der Waals surface area contributed by atoms with E-state index in [4.69, 9.17) is 9.47 Å². The van der Waals surface area contributed by atoms with Crippen LogP contribution in [-0.2, 0) is 19.1 Å². The van der Waals surface area contributed by atoms with E-state index in [0.29, 0.717) is 18.6 Å². The SMILES string of the molecule is CCCCCCCC#CC#CCCCCCCC(=O)OCC(CS)OC(=O)CCCCCCC#CC#CCCCCCCC. The van der Waals surface area contributed by atoms with Gasteiger partial charge in [-0.05, 0) is 62.2 Å². The Hall–Kier alpha value is -2.47. The molecule has 0 saturated heterocycles. The molecule has 0 fully saturated rings. The number of esters is 2. The van der Waals surface area contributed by atoms with Crippen molar-refractivity contribution >= 4 is 24.6 Å². The van der Waals surface area contributed by atoms with Crippen LogP contribution in [0.15, 0.2) is 0 Å². The van der Waals surface area contributed by atoms with Crippen molar-refractivity contribution in [2.75, 3.05) is 12.4 Å². The number of carbonyl (C=O) groups excluding carboxylic acids is 2. The average molecular weight is 625 g/mol. The molecule has 1 unspecified atom stereocenters. The summed E-state index contributed by atoms with van der Waals surface area (Å²) in [7, 11) is 0. The molecule has 4 nitrogen and oxygen atoms in total. The zero-order valence-electron chi connectivity index (χ0n) is 28.0. The zero-order chi connectivity index (χ0) is 32.2. The third-order valence-corrected chi connectivity index (χ3v) is 7.49. The van der Waals surface area contributed by atoms with Gasteiger partial charge in [-0.15, -0.1) is 0 Å². The predicted octanol–water partition coefficient (Wildman–Crippen LogP) is 9.79. The Morgan fingerprint density at radius 3 is 1.27 bits per heavy atom. The monoisotopic (exact) mass is 624 g/mol. The number of hydrogen-bond acceptors (Lipinski definition) is 5. The van der Waals surface area contributed by atoms with Gasteiger partial charge in [0.05, 0.1) is 0 Å². The highest BCUT2D eigenvalue weighted by Gasteiger charge is 2.15. The maximum atomic E-state index is 12.2. The molecule has 0 N–H and O–H groups in total. The van der Waals surface area contributed by atoms with Crippen LogP contribution in [0.3, 0.4) is 0 Å². The molecule has 0 aliphatic carbocycles. The lowest BCUT2D eigenvalue weighted by molar-refractivity contribution is -0.157. The van der Waals surface area contributed by atoms with E-state index >= 15 is 0 Å². The number of hydrogen-bond donors (Lipinski definition) is 1. The molecule has 0 rings (SSSR count). The third-order valence-electron chi connectivity index (χ3n) is 7.09. The first-order valence-corrected chi connectivity index (χ1v) is 18.1. The van der Waals surface area contributed by atoms with E-state index in [1.165, 1.54) is 64.2 Å². The van der Waals surface area contributed by atoms with Gasteiger partial charge in [-0.1, -0.05) is 115 Å². The summed E-state index contributed by atoms with van der Waals surface area (Å²) in [5, 5.41) is 0. The van der Waals surface area contributed by atoms with Crippen molar-refractivity contribution < 1.29 is 19.1 Å². The van der Waals surface area contributed by atoms with E-state index in [2.05, 4.69) is 73.8 Å². The quantitative estimate of drug-likeness (QED) is 0.0450. The van der Waals surface area contributed by atoms with Gasteiger partial charge in [-0.3, -0.25) is 9.59 Å². The topological polar surface area (TPSA) is 52.6 Å². The Balaban J connectivity index is 3.73. The molecule has 246 valence electrons. The van der Waals surface area contributed by atoms with Crippen LogP contribution >= 0.6 is 12.6 Å². The maximum absolute atomic E-state index is 12.2. The minimum atomic E-state index is -0.509. The van der Waals surface area contributed by atoms with Crippen LogP contribution in [0.1, 0.15) is 168 Å². The minimum absolute atomic E-state index is 0.0594. The summed E-state index contributed by atoms with van der Waals surface area (Å²) in [5.74, 6) is 24.1. The summed E-state index contributed by atoms with van der Waals surface area (Å²) >= 11 is 4.25. The lowest BCUT2D eigenvalue weighted by Gasteiger charge is -2.16. The van der Waals surface area contributed by atoms with Crippen molar-refractivity contribution in [3.8, 4) is 47.4 Å². The van der Waals surface area contributed by atoms with Crippen molar-refractivity contribution in [1.29, 1.82) is 0 Å². The van der Waals surface area contributed by atoms with Crippen LogP contribution in [0.5, 0.6) is 0 Å². The predicted molar refractivity (Wildman–Crippen MR) is 188 cm³/mol. The molecule has 0 amide bonds. The summed E-state index contributed by atoms with van der Waals surface area (Å²) in [6.07, 6.45) is 24.0. The van der Waals surface area contributed by atoms with Crippen molar-refractivity contribution in [2.45, 2.75) is 174 Å². The van der Waals surface area contributed by atoms with Crippen LogP contribution in [0.2, 0.25) is 0 Å². The molecule has 44 heavy (non-hydrogen) atoms. The van der Waals surface area contributed by atoms with Crippen molar-refractivity contribution in [3.63, 3.8) is 0 Å². The van der Waals surface area contributed by atoms with E-state index in [9.17, 15) is 9.59 Å². The molecular formula is C39H60O4S. The Kier molecular flexibility index (Phi) is 33.0. The molecular weight excluding hydrogens is 564 g/mol. The second-order valence-electron chi connectivity index (χ2n) is 11.3. The van der Waals surface area contributed by atoms with Gasteiger partial charge >= 0.3 is 11.9 Å². The van der Waals surface area contributed by atoms with E-state index in [-0.39, 0.29) is 18.5 Å². The largest absolute Gasteiger partial charge is 0.462 e. The highest BCUT2D eigenvalue weighted by molar-refractivity contribution is 7.80. The minimum Gasteiger partial charge on any atom is -0.462 e. The van der Waals surface area contributed by atoms with Gasteiger partial charge in [-0.25, -0.2) is 0 Å². The van der Waals surface area contributed by atoms with Crippen LogP contribution in [-0.4, -0.2) is 30.4 Å². The molecule has 0 spiro atoms. The fraction of sp³-hybridized carbons (Fsp3) is 0.744. The summed E-state index contributed by atoms with van der Waals surface area (Å²) in [6.45, 7) is 4.51. The number of ether oxygens (including phenoxy) is 2. The first-order valence-electron chi connectivity index (χ1n) is 17.5. The van der Waals surface area contributed by atoms with Crippen LogP contribution in [0.4, 0.5) is 0 Å². The second kappa shape index (κ2) is 35.0. The molecule has 0 saturated carbocycles. The van der Waals surface area contributed by atoms with Crippen LogP contribution in [0.25, 0.3) is 0 Å². The van der Waals surface area contributed by atoms with Gasteiger partial charge < -0.3 is 9.47 Å². The lowest BCUT2D eigenvalue weighted by Crippen LogP contribution is -2.26. The Morgan fingerprint density at radius 1 is 0.523 bits per heavy atom. The molecule has 0 radical (unpaired) electrons. The number of thiol groups is 1. The zero-order valence-corrected chi connectivity index (χ0v) is 28.9. The first kappa shape index (κ1) is 41.5. The molecule has 0 aromatic heterocycles. The maximum Gasteiger partial charge on any atom is 0.306 e. The fourth-order valence-electron chi connectivity index (χ4n) is 4.36. The molecule has 0 aliphatic rings. The van der Waals surface area contributed by atoms with Gasteiger partial charge in [0.2, 0.25) is 0 Å². The number of rotatable bonds is 26. The van der Waals surface area contributed by atoms with Gasteiger partial charge in [0.1, 0.15) is 12.7 Å². The molecule has 0 aliphatic heterocycles. The smallest absolute Gasteiger partial charge is 0.306 e. The van der Waals surface area contributed by atoms with Crippen molar-refractivity contribution in [1.82, 2.24) is 0 Å². The first-order chi connectivity index (χ1) is 21.6. The Bertz CT molecular complexity index is 957. The Labute approximate surface area is 276 Å². The van der Waals surface area contributed by atoms with Crippen LogP contribution < -0.4 is 0 Å². The van der Waals surface area contributed by atoms with E-state index < -0.39 is 6.10 Å². The summed E-state index contributed by atoms with van der Waals surface area (Å²) < 4.78 is 10.8. The molecule has 0 aromatic rings. The van der Waals surface area contributed by atoms with Gasteiger partial charge in [0.25, 0.3) is 0 Å². The second-order valence-corrected chi connectivity index (χ2v) is 11.7. The number of carbonyl (C=O) groups is 2. The molecule has 1 atom stereocenters. The van der Waals surface area contributed by atoms with Gasteiger partial charge in [0.15, 0.2) is 0 Å². The highest BCUT2D eigenvalue weighted by atomic mass is 32.1. The van der Waals surface area contributed by atoms with E-state index in [1.54, 1.807) is 0 Å². The van der Waals surface area contributed by atoms with E-state index in [0.717, 1.165) is 77.0 Å². The summed E-state index contributed by atoms with van der Waals surface area (Å²) in [6, 6.07) is 0. The van der Waals surface area contributed by atoms with Crippen LogP contribution in [0, 0.1) is 47.4 Å². The average Bonchev–Trinajstić information content (AvgIpc) is 3.02. The lowest BCUT2D eigenvalue weighted by atomic mass is 10.1. The standard InChI is InChI=1S/C39H60O4S/c1-3-5-7-9-11-13-15-17-19-21-23-25-27-29-31-33-38(40)42-35-37(36-44)43-39(41)34-32-30-28-26-24-22-20-18-16-14-12-10-8-6-4-2/h37,44H,3-14,23-36H2,1-2H3. The molecule has 0 bridgehead atoms. The van der Waals surface area contributed by atoms with E-state index in [1.807, 2.05) is 0 Å². The third kappa shape index (κ3) is 32.4. The summed E-state index contributed by atoms with van der Waals surface area (Å²) in [4.78, 5) is 24.2.